The van der Waals surface area contributed by atoms with Gasteiger partial charge in [-0.25, -0.2) is 0 Å². The van der Waals surface area contributed by atoms with E-state index in [1.165, 1.54) is 0 Å². The number of carbonyl (C=O) groups excluding carboxylic acids is 3. The molecule has 1 aliphatic rings. The van der Waals surface area contributed by atoms with Crippen LogP contribution in [0.2, 0.25) is 0 Å². The number of carbonyl (C=O) groups is 3. The van der Waals surface area contributed by atoms with E-state index in [1.807, 2.05) is 0 Å². The van der Waals surface area contributed by atoms with Crippen molar-refractivity contribution in [3.05, 3.63) is 44.2 Å². The summed E-state index contributed by atoms with van der Waals surface area (Å²) in [6.45, 7) is 5.40. The van der Waals surface area contributed by atoms with Gasteiger partial charge in [-0.3, -0.25) is 19.3 Å². The number of esters is 1. The van der Waals surface area contributed by atoms with Crippen molar-refractivity contribution >= 4 is 66.8 Å². The van der Waals surface area contributed by atoms with Crippen molar-refractivity contribution in [2.45, 2.75) is 6.92 Å². The fraction of sp³-hybridized carbons (Fsp3) is 0.235. The zero-order valence-corrected chi connectivity index (χ0v) is 17.8. The summed E-state index contributed by atoms with van der Waals surface area (Å²) in [4.78, 5) is 37.0. The summed E-state index contributed by atoms with van der Waals surface area (Å²) in [5, 5.41) is -0.502. The van der Waals surface area contributed by atoms with Crippen LogP contribution >= 0.6 is 43.6 Å². The van der Waals surface area contributed by atoms with Gasteiger partial charge >= 0.3 is 5.97 Å². The molecule has 0 spiro atoms. The number of nitrogens with zero attached hydrogens (tertiary/aromatic N) is 1. The molecule has 6 nitrogen and oxygen atoms in total. The molecule has 1 aromatic rings. The van der Waals surface area contributed by atoms with Gasteiger partial charge in [0.1, 0.15) is 18.9 Å². The summed E-state index contributed by atoms with van der Waals surface area (Å²) < 4.78 is 11.7. The van der Waals surface area contributed by atoms with E-state index in [-0.39, 0.29) is 11.5 Å². The van der Waals surface area contributed by atoms with Crippen LogP contribution in [0.5, 0.6) is 5.75 Å². The first-order valence-electron chi connectivity index (χ1n) is 7.51. The van der Waals surface area contributed by atoms with Crippen LogP contribution in [0, 0.1) is 0 Å². The minimum atomic E-state index is -0.620. The van der Waals surface area contributed by atoms with Gasteiger partial charge in [-0.2, -0.15) is 0 Å². The predicted molar refractivity (Wildman–Crippen MR) is 107 cm³/mol. The number of hydrogen-bond acceptors (Lipinski definition) is 6. The monoisotopic (exact) mass is 503 g/mol. The average molecular weight is 505 g/mol. The highest BCUT2D eigenvalue weighted by atomic mass is 79.9. The summed E-state index contributed by atoms with van der Waals surface area (Å²) in [6, 6.07) is 3.53. The molecule has 0 atom stereocenters. The predicted octanol–water partition coefficient (Wildman–Crippen LogP) is 4.38. The molecular formula is C17H15Br2NO5S. The first kappa shape index (κ1) is 20.7. The topological polar surface area (TPSA) is 72.9 Å². The average Bonchev–Trinajstić information content (AvgIpc) is 2.82. The molecule has 26 heavy (non-hydrogen) atoms. The molecule has 9 heteroatoms. The lowest BCUT2D eigenvalue weighted by Gasteiger charge is -2.11. The molecule has 0 aromatic heterocycles. The molecule has 0 aliphatic carbocycles. The van der Waals surface area contributed by atoms with E-state index in [9.17, 15) is 14.4 Å². The number of amides is 2. The maximum Gasteiger partial charge on any atom is 0.326 e. The Morgan fingerprint density at radius 2 is 1.96 bits per heavy atom. The molecule has 1 heterocycles. The van der Waals surface area contributed by atoms with E-state index in [4.69, 9.17) is 9.47 Å². The highest BCUT2D eigenvalue weighted by Gasteiger charge is 2.36. The number of imide groups is 1. The maximum atomic E-state index is 12.4. The Labute approximate surface area is 171 Å². The van der Waals surface area contributed by atoms with Crippen molar-refractivity contribution < 1.29 is 23.9 Å². The Balaban J connectivity index is 2.22. The minimum Gasteiger partial charge on any atom is -0.487 e. The summed E-state index contributed by atoms with van der Waals surface area (Å²) in [7, 11) is 0. The number of halogens is 2. The molecule has 1 fully saturated rings. The molecule has 1 aromatic carbocycles. The van der Waals surface area contributed by atoms with Crippen LogP contribution in [-0.2, 0) is 14.3 Å². The fourth-order valence-electron chi connectivity index (χ4n) is 2.07. The number of ether oxygens (including phenoxy) is 2. The molecule has 138 valence electrons. The SMILES string of the molecule is C=CCOc1c(Br)cc(/C=C2/SC(=O)N(CC(=O)OCC)C2=O)cc1Br. The summed E-state index contributed by atoms with van der Waals surface area (Å²) in [6.07, 6.45) is 3.22. The lowest BCUT2D eigenvalue weighted by molar-refractivity contribution is -0.145. The van der Waals surface area contributed by atoms with E-state index >= 15 is 0 Å². The Bertz CT molecular complexity index is 770. The van der Waals surface area contributed by atoms with Crippen LogP contribution < -0.4 is 4.74 Å². The standard InChI is InChI=1S/C17H15Br2NO5S/c1-3-5-25-15-11(18)6-10(7-12(15)19)8-13-16(22)20(17(23)26-13)9-14(21)24-4-2/h3,6-8H,1,4-5,9H2,2H3/b13-8+. The van der Waals surface area contributed by atoms with E-state index < -0.39 is 23.7 Å². The second kappa shape index (κ2) is 9.38. The molecule has 2 amide bonds. The largest absolute Gasteiger partial charge is 0.487 e. The minimum absolute atomic E-state index is 0.188. The number of rotatable bonds is 7. The van der Waals surface area contributed by atoms with Crippen molar-refractivity contribution in [3.63, 3.8) is 0 Å². The molecule has 0 unspecified atom stereocenters. The fourth-order valence-corrected chi connectivity index (χ4v) is 4.36. The normalized spacial score (nSPS) is 15.5. The number of benzene rings is 1. The zero-order chi connectivity index (χ0) is 19.3. The van der Waals surface area contributed by atoms with Crippen molar-refractivity contribution in [1.29, 1.82) is 0 Å². The van der Waals surface area contributed by atoms with E-state index in [0.717, 1.165) is 16.7 Å². The van der Waals surface area contributed by atoms with Crippen molar-refractivity contribution in [2.75, 3.05) is 19.8 Å². The number of thioether (sulfide) groups is 1. The maximum absolute atomic E-state index is 12.4. The van der Waals surface area contributed by atoms with Crippen molar-refractivity contribution in [1.82, 2.24) is 4.90 Å². The quantitative estimate of drug-likeness (QED) is 0.312. The second-order valence-corrected chi connectivity index (χ2v) is 7.69. The third kappa shape index (κ3) is 4.99. The van der Waals surface area contributed by atoms with E-state index in [0.29, 0.717) is 26.9 Å². The molecule has 0 radical (unpaired) electrons. The number of hydrogen-bond donors (Lipinski definition) is 0. The first-order valence-corrected chi connectivity index (χ1v) is 9.91. The third-order valence-electron chi connectivity index (χ3n) is 3.13. The van der Waals surface area contributed by atoms with Crippen molar-refractivity contribution in [3.8, 4) is 5.75 Å². The smallest absolute Gasteiger partial charge is 0.326 e. The van der Waals surface area contributed by atoms with Crippen LogP contribution in [0.1, 0.15) is 12.5 Å². The van der Waals surface area contributed by atoms with Crippen LogP contribution in [0.25, 0.3) is 6.08 Å². The Kier molecular flexibility index (Phi) is 7.48. The molecular weight excluding hydrogens is 490 g/mol. The molecule has 0 saturated carbocycles. The van der Waals surface area contributed by atoms with E-state index in [2.05, 4.69) is 38.4 Å². The van der Waals surface area contributed by atoms with Gasteiger partial charge in [0.25, 0.3) is 11.1 Å². The molecule has 0 bridgehead atoms. The van der Waals surface area contributed by atoms with Gasteiger partial charge in [0.2, 0.25) is 0 Å². The van der Waals surface area contributed by atoms with Gasteiger partial charge < -0.3 is 9.47 Å². The van der Waals surface area contributed by atoms with Gasteiger partial charge in [-0.1, -0.05) is 12.7 Å². The summed E-state index contributed by atoms with van der Waals surface area (Å²) >= 11 is 7.62. The van der Waals surface area contributed by atoms with Gasteiger partial charge in [-0.05, 0) is 74.3 Å². The van der Waals surface area contributed by atoms with Gasteiger partial charge in [0.15, 0.2) is 0 Å². The van der Waals surface area contributed by atoms with Crippen molar-refractivity contribution in [2.24, 2.45) is 0 Å². The highest BCUT2D eigenvalue weighted by molar-refractivity contribution is 9.11. The van der Waals surface area contributed by atoms with Crippen LogP contribution in [0.4, 0.5) is 4.79 Å². The zero-order valence-electron chi connectivity index (χ0n) is 13.8. The molecule has 0 N–H and O–H groups in total. The lowest BCUT2D eigenvalue weighted by Crippen LogP contribution is -2.34. The van der Waals surface area contributed by atoms with Crippen LogP contribution in [0.3, 0.4) is 0 Å². The highest BCUT2D eigenvalue weighted by Crippen LogP contribution is 2.37. The lowest BCUT2D eigenvalue weighted by atomic mass is 10.2. The molecule has 2 rings (SSSR count). The Morgan fingerprint density at radius 1 is 1.31 bits per heavy atom. The Morgan fingerprint density at radius 3 is 2.54 bits per heavy atom. The summed E-state index contributed by atoms with van der Waals surface area (Å²) in [5.41, 5.74) is 0.691. The van der Waals surface area contributed by atoms with Gasteiger partial charge in [0.05, 0.1) is 20.5 Å². The third-order valence-corrected chi connectivity index (χ3v) is 5.22. The second-order valence-electron chi connectivity index (χ2n) is 4.99. The van der Waals surface area contributed by atoms with E-state index in [1.54, 1.807) is 31.2 Å². The van der Waals surface area contributed by atoms with Gasteiger partial charge in [-0.15, -0.1) is 0 Å². The summed E-state index contributed by atoms with van der Waals surface area (Å²) in [5.74, 6) is -0.532. The van der Waals surface area contributed by atoms with Gasteiger partial charge in [0, 0.05) is 0 Å². The van der Waals surface area contributed by atoms with Crippen LogP contribution in [-0.4, -0.2) is 41.8 Å². The first-order chi connectivity index (χ1) is 12.4. The molecule has 1 aliphatic heterocycles. The Hall–Kier alpha value is -1.58. The molecule has 1 saturated heterocycles. The van der Waals surface area contributed by atoms with Crippen LogP contribution in [0.15, 0.2) is 38.6 Å².